The zero-order chi connectivity index (χ0) is 15.1. The standard InChI is InChI=1S/C15H20ClNO3/c1-10(7-12-3-5-13(16)6-4-12)8-14(18)17-11(2)9-15(19)20/h3-6,10-11H,7-9H2,1-2H3,(H,17,18)(H,19,20). The van der Waals surface area contributed by atoms with Gasteiger partial charge in [-0.3, -0.25) is 9.59 Å². The molecular weight excluding hydrogens is 278 g/mol. The molecule has 1 rings (SSSR count). The predicted octanol–water partition coefficient (Wildman–Crippen LogP) is 2.89. The molecule has 0 bridgehead atoms. The molecule has 0 aromatic heterocycles. The Morgan fingerprint density at radius 1 is 1.20 bits per heavy atom. The lowest BCUT2D eigenvalue weighted by atomic mass is 9.97. The topological polar surface area (TPSA) is 66.4 Å². The Hall–Kier alpha value is -1.55. The van der Waals surface area contributed by atoms with E-state index in [0.717, 1.165) is 12.0 Å². The number of carbonyl (C=O) groups is 2. The lowest BCUT2D eigenvalue weighted by molar-refractivity contribution is -0.137. The zero-order valence-corrected chi connectivity index (χ0v) is 12.5. The smallest absolute Gasteiger partial charge is 0.305 e. The quantitative estimate of drug-likeness (QED) is 0.813. The van der Waals surface area contributed by atoms with Crippen molar-refractivity contribution in [2.75, 3.05) is 0 Å². The Labute approximate surface area is 124 Å². The van der Waals surface area contributed by atoms with E-state index < -0.39 is 5.97 Å². The molecule has 0 radical (unpaired) electrons. The summed E-state index contributed by atoms with van der Waals surface area (Å²) < 4.78 is 0. The van der Waals surface area contributed by atoms with Gasteiger partial charge in [-0.15, -0.1) is 0 Å². The summed E-state index contributed by atoms with van der Waals surface area (Å²) >= 11 is 5.82. The first kappa shape index (κ1) is 16.5. The average molecular weight is 298 g/mol. The molecular formula is C15H20ClNO3. The van der Waals surface area contributed by atoms with Gasteiger partial charge in [-0.05, 0) is 37.0 Å². The van der Waals surface area contributed by atoms with Crippen LogP contribution in [-0.2, 0) is 16.0 Å². The van der Waals surface area contributed by atoms with Gasteiger partial charge in [-0.2, -0.15) is 0 Å². The second-order valence-corrected chi connectivity index (χ2v) is 5.64. The largest absolute Gasteiger partial charge is 0.481 e. The van der Waals surface area contributed by atoms with E-state index in [1.54, 1.807) is 6.92 Å². The SMILES string of the molecule is CC(CC(=O)NC(C)CC(=O)O)Cc1ccc(Cl)cc1. The molecule has 2 unspecified atom stereocenters. The van der Waals surface area contributed by atoms with Gasteiger partial charge in [0.2, 0.25) is 5.91 Å². The first-order valence-electron chi connectivity index (χ1n) is 6.62. The van der Waals surface area contributed by atoms with Crippen molar-refractivity contribution in [1.29, 1.82) is 0 Å². The third-order valence-electron chi connectivity index (χ3n) is 2.92. The highest BCUT2D eigenvalue weighted by atomic mass is 35.5. The van der Waals surface area contributed by atoms with E-state index in [1.807, 2.05) is 31.2 Å². The lowest BCUT2D eigenvalue weighted by Crippen LogP contribution is -2.35. The molecule has 0 spiro atoms. The van der Waals surface area contributed by atoms with E-state index in [9.17, 15) is 9.59 Å². The third kappa shape index (κ3) is 6.57. The van der Waals surface area contributed by atoms with E-state index in [4.69, 9.17) is 16.7 Å². The van der Waals surface area contributed by atoms with Crippen molar-refractivity contribution in [2.24, 2.45) is 5.92 Å². The van der Waals surface area contributed by atoms with Crippen LogP contribution >= 0.6 is 11.6 Å². The van der Waals surface area contributed by atoms with E-state index in [2.05, 4.69) is 5.32 Å². The van der Waals surface area contributed by atoms with Gasteiger partial charge >= 0.3 is 5.97 Å². The van der Waals surface area contributed by atoms with Crippen LogP contribution in [0.15, 0.2) is 24.3 Å². The van der Waals surface area contributed by atoms with Gasteiger partial charge in [0.1, 0.15) is 0 Å². The molecule has 0 aliphatic rings. The van der Waals surface area contributed by atoms with Crippen LogP contribution in [0.3, 0.4) is 0 Å². The Morgan fingerprint density at radius 3 is 2.35 bits per heavy atom. The minimum Gasteiger partial charge on any atom is -0.481 e. The average Bonchev–Trinajstić information content (AvgIpc) is 2.30. The number of amides is 1. The summed E-state index contributed by atoms with van der Waals surface area (Å²) in [5, 5.41) is 12.0. The molecule has 0 heterocycles. The number of carbonyl (C=O) groups excluding carboxylic acids is 1. The highest BCUT2D eigenvalue weighted by Gasteiger charge is 2.14. The van der Waals surface area contributed by atoms with Gasteiger partial charge in [-0.1, -0.05) is 30.7 Å². The summed E-state index contributed by atoms with van der Waals surface area (Å²) in [5.41, 5.74) is 1.13. The monoisotopic (exact) mass is 297 g/mol. The van der Waals surface area contributed by atoms with Crippen molar-refractivity contribution in [3.63, 3.8) is 0 Å². The minimum absolute atomic E-state index is 0.0582. The summed E-state index contributed by atoms with van der Waals surface area (Å²) in [7, 11) is 0. The zero-order valence-electron chi connectivity index (χ0n) is 11.7. The molecule has 0 saturated heterocycles. The summed E-state index contributed by atoms with van der Waals surface area (Å²) in [6, 6.07) is 7.22. The molecule has 0 aliphatic heterocycles. The van der Waals surface area contributed by atoms with E-state index >= 15 is 0 Å². The molecule has 1 aromatic rings. The Balaban J connectivity index is 2.37. The van der Waals surface area contributed by atoms with Crippen LogP contribution in [0.5, 0.6) is 0 Å². The highest BCUT2D eigenvalue weighted by Crippen LogP contribution is 2.15. The fraction of sp³-hybridized carbons (Fsp3) is 0.467. The van der Waals surface area contributed by atoms with Gasteiger partial charge in [0.15, 0.2) is 0 Å². The summed E-state index contributed by atoms with van der Waals surface area (Å²) in [5.74, 6) is -0.833. The number of aliphatic carboxylic acids is 1. The van der Waals surface area contributed by atoms with Crippen LogP contribution in [0.25, 0.3) is 0 Å². The number of halogens is 1. The molecule has 4 nitrogen and oxygen atoms in total. The maximum absolute atomic E-state index is 11.8. The second-order valence-electron chi connectivity index (χ2n) is 5.21. The summed E-state index contributed by atoms with van der Waals surface area (Å²) in [4.78, 5) is 22.3. The number of hydrogen-bond acceptors (Lipinski definition) is 2. The van der Waals surface area contributed by atoms with Crippen molar-refractivity contribution >= 4 is 23.5 Å². The maximum atomic E-state index is 11.8. The fourth-order valence-corrected chi connectivity index (χ4v) is 2.18. The Bertz CT molecular complexity index is 459. The molecule has 2 atom stereocenters. The number of carboxylic acids is 1. The van der Waals surface area contributed by atoms with Crippen LogP contribution in [0.2, 0.25) is 5.02 Å². The summed E-state index contributed by atoms with van der Waals surface area (Å²) in [6.45, 7) is 3.69. The summed E-state index contributed by atoms with van der Waals surface area (Å²) in [6.07, 6.45) is 1.11. The predicted molar refractivity (Wildman–Crippen MR) is 78.8 cm³/mol. The van der Waals surface area contributed by atoms with Gasteiger partial charge in [-0.25, -0.2) is 0 Å². The molecule has 0 aliphatic carbocycles. The van der Waals surface area contributed by atoms with Crippen LogP contribution in [0.4, 0.5) is 0 Å². The second kappa shape index (κ2) is 7.90. The first-order valence-corrected chi connectivity index (χ1v) is 7.00. The molecule has 0 saturated carbocycles. The number of benzene rings is 1. The van der Waals surface area contributed by atoms with Crippen molar-refractivity contribution in [3.8, 4) is 0 Å². The van der Waals surface area contributed by atoms with E-state index in [1.165, 1.54) is 0 Å². The maximum Gasteiger partial charge on any atom is 0.305 e. The van der Waals surface area contributed by atoms with Crippen LogP contribution < -0.4 is 5.32 Å². The molecule has 1 aromatic carbocycles. The van der Waals surface area contributed by atoms with Gasteiger partial charge in [0, 0.05) is 17.5 Å². The third-order valence-corrected chi connectivity index (χ3v) is 3.17. The Kier molecular flexibility index (Phi) is 6.52. The molecule has 20 heavy (non-hydrogen) atoms. The fourth-order valence-electron chi connectivity index (χ4n) is 2.06. The van der Waals surface area contributed by atoms with Crippen molar-refractivity contribution < 1.29 is 14.7 Å². The minimum atomic E-state index is -0.910. The first-order chi connectivity index (χ1) is 9.36. The van der Waals surface area contributed by atoms with Gasteiger partial charge in [0.05, 0.1) is 6.42 Å². The number of hydrogen-bond donors (Lipinski definition) is 2. The highest BCUT2D eigenvalue weighted by molar-refractivity contribution is 6.30. The molecule has 5 heteroatoms. The van der Waals surface area contributed by atoms with Crippen LogP contribution in [0.1, 0.15) is 32.3 Å². The van der Waals surface area contributed by atoms with Gasteiger partial charge < -0.3 is 10.4 Å². The molecule has 1 amide bonds. The van der Waals surface area contributed by atoms with Crippen LogP contribution in [-0.4, -0.2) is 23.0 Å². The van der Waals surface area contributed by atoms with Crippen LogP contribution in [0, 0.1) is 5.92 Å². The molecule has 2 N–H and O–H groups in total. The van der Waals surface area contributed by atoms with E-state index in [-0.39, 0.29) is 24.3 Å². The Morgan fingerprint density at radius 2 is 1.80 bits per heavy atom. The number of carboxylic acid groups (broad SMARTS) is 1. The molecule has 0 fully saturated rings. The van der Waals surface area contributed by atoms with Crippen molar-refractivity contribution in [3.05, 3.63) is 34.9 Å². The van der Waals surface area contributed by atoms with E-state index in [0.29, 0.717) is 11.4 Å². The van der Waals surface area contributed by atoms with Crippen molar-refractivity contribution in [1.82, 2.24) is 5.32 Å². The number of nitrogens with one attached hydrogen (secondary N) is 1. The molecule has 110 valence electrons. The number of rotatable bonds is 7. The lowest BCUT2D eigenvalue weighted by Gasteiger charge is -2.15. The van der Waals surface area contributed by atoms with Crippen molar-refractivity contribution in [2.45, 2.75) is 39.2 Å². The normalized spacial score (nSPS) is 13.6. The van der Waals surface area contributed by atoms with Gasteiger partial charge in [0.25, 0.3) is 0 Å².